The van der Waals surface area contributed by atoms with Gasteiger partial charge in [0.1, 0.15) is 5.56 Å². The summed E-state index contributed by atoms with van der Waals surface area (Å²) < 4.78 is 15.9. The van der Waals surface area contributed by atoms with Gasteiger partial charge in [0.25, 0.3) is 0 Å². The fraction of sp³-hybridized carbons (Fsp3) is 0.353. The first-order valence-electron chi connectivity index (χ1n) is 7.44. The number of hydrogen-bond donors (Lipinski definition) is 1. The van der Waals surface area contributed by atoms with Gasteiger partial charge in [0.2, 0.25) is 5.75 Å². The predicted molar refractivity (Wildman–Crippen MR) is 88.1 cm³/mol. The third-order valence-corrected chi connectivity index (χ3v) is 3.52. The van der Waals surface area contributed by atoms with Gasteiger partial charge in [-0.1, -0.05) is 13.3 Å². The van der Waals surface area contributed by atoms with E-state index in [9.17, 15) is 9.90 Å². The lowest BCUT2D eigenvalue weighted by molar-refractivity contribution is 0.0692. The molecule has 0 bridgehead atoms. The molecular weight excluding hydrogens is 312 g/mol. The molecule has 0 saturated heterocycles. The van der Waals surface area contributed by atoms with Crippen molar-refractivity contribution in [2.24, 2.45) is 0 Å². The van der Waals surface area contributed by atoms with Gasteiger partial charge in [0, 0.05) is 12.4 Å². The predicted octanol–water partition coefficient (Wildman–Crippen LogP) is 2.82. The van der Waals surface area contributed by atoms with E-state index in [0.29, 0.717) is 17.1 Å². The van der Waals surface area contributed by atoms with Crippen LogP contribution in [0.25, 0.3) is 11.4 Å². The number of nitrogens with zero attached hydrogens (tertiary/aromatic N) is 2. The van der Waals surface area contributed by atoms with E-state index in [4.69, 9.17) is 14.2 Å². The summed E-state index contributed by atoms with van der Waals surface area (Å²) in [7, 11) is 4.26. The van der Waals surface area contributed by atoms with Gasteiger partial charge in [-0.3, -0.25) is 0 Å². The number of aromatic nitrogens is 2. The van der Waals surface area contributed by atoms with E-state index in [2.05, 4.69) is 16.9 Å². The summed E-state index contributed by atoms with van der Waals surface area (Å²) in [5.74, 6) is -0.182. The molecule has 128 valence electrons. The number of ether oxygens (including phenoxy) is 3. The van der Waals surface area contributed by atoms with Crippen molar-refractivity contribution in [2.45, 2.75) is 19.8 Å². The van der Waals surface area contributed by atoms with Gasteiger partial charge in [0.05, 0.1) is 26.9 Å². The highest BCUT2D eigenvalue weighted by Crippen LogP contribution is 2.45. The van der Waals surface area contributed by atoms with Gasteiger partial charge in [-0.25, -0.2) is 14.8 Å². The molecule has 0 aliphatic rings. The number of carboxylic acid groups (broad SMARTS) is 1. The number of rotatable bonds is 7. The van der Waals surface area contributed by atoms with Crippen LogP contribution in [0, 0.1) is 0 Å². The second-order valence-corrected chi connectivity index (χ2v) is 5.04. The summed E-state index contributed by atoms with van der Waals surface area (Å²) in [6.45, 7) is 2.07. The minimum Gasteiger partial charge on any atom is -0.492 e. The van der Waals surface area contributed by atoms with Crippen molar-refractivity contribution < 1.29 is 24.1 Å². The highest BCUT2D eigenvalue weighted by atomic mass is 16.5. The lowest BCUT2D eigenvalue weighted by atomic mass is 10.1. The topological polar surface area (TPSA) is 90.8 Å². The summed E-state index contributed by atoms with van der Waals surface area (Å²) in [4.78, 5) is 20.2. The van der Waals surface area contributed by atoms with E-state index in [1.165, 1.54) is 27.4 Å². The maximum absolute atomic E-state index is 11.6. The Labute approximate surface area is 140 Å². The van der Waals surface area contributed by atoms with Gasteiger partial charge in [0.15, 0.2) is 17.3 Å². The molecule has 0 spiro atoms. The Morgan fingerprint density at radius 1 is 1.04 bits per heavy atom. The quantitative estimate of drug-likeness (QED) is 0.833. The number of carboxylic acids is 1. The highest BCUT2D eigenvalue weighted by molar-refractivity contribution is 5.95. The molecule has 24 heavy (non-hydrogen) atoms. The summed E-state index contributed by atoms with van der Waals surface area (Å²) >= 11 is 0. The van der Waals surface area contributed by atoms with Crippen LogP contribution in [0.5, 0.6) is 17.2 Å². The SMILES string of the molecule is CCCc1cnc(-c2cc(C(=O)O)c(OC)c(OC)c2OC)nc1. The zero-order valence-corrected chi connectivity index (χ0v) is 14.1. The first-order chi connectivity index (χ1) is 11.6. The smallest absolute Gasteiger partial charge is 0.339 e. The molecule has 1 aromatic heterocycles. The summed E-state index contributed by atoms with van der Waals surface area (Å²) in [6.07, 6.45) is 5.32. The van der Waals surface area contributed by atoms with E-state index in [0.717, 1.165) is 18.4 Å². The largest absolute Gasteiger partial charge is 0.492 e. The average Bonchev–Trinajstić information content (AvgIpc) is 2.60. The molecule has 1 aromatic carbocycles. The second kappa shape index (κ2) is 7.63. The summed E-state index contributed by atoms with van der Waals surface area (Å²) in [6, 6.07) is 1.43. The van der Waals surface area contributed by atoms with Crippen LogP contribution in [0.4, 0.5) is 0 Å². The molecular formula is C17H20N2O5. The van der Waals surface area contributed by atoms with Gasteiger partial charge in [-0.05, 0) is 18.1 Å². The van der Waals surface area contributed by atoms with Crippen LogP contribution in [0.2, 0.25) is 0 Å². The molecule has 7 nitrogen and oxygen atoms in total. The van der Waals surface area contributed by atoms with Crippen molar-refractivity contribution in [1.82, 2.24) is 9.97 Å². The molecule has 0 saturated carbocycles. The van der Waals surface area contributed by atoms with Crippen molar-refractivity contribution in [2.75, 3.05) is 21.3 Å². The highest BCUT2D eigenvalue weighted by Gasteiger charge is 2.26. The van der Waals surface area contributed by atoms with Crippen LogP contribution in [0.15, 0.2) is 18.5 Å². The molecule has 2 aromatic rings. The third-order valence-electron chi connectivity index (χ3n) is 3.52. The molecule has 0 fully saturated rings. The molecule has 0 atom stereocenters. The number of carbonyl (C=O) groups is 1. The van der Waals surface area contributed by atoms with Crippen molar-refractivity contribution >= 4 is 5.97 Å². The van der Waals surface area contributed by atoms with Crippen LogP contribution in [-0.4, -0.2) is 42.4 Å². The van der Waals surface area contributed by atoms with Crippen LogP contribution in [0.1, 0.15) is 29.3 Å². The molecule has 7 heteroatoms. The van der Waals surface area contributed by atoms with Crippen LogP contribution in [-0.2, 0) is 6.42 Å². The molecule has 1 heterocycles. The van der Waals surface area contributed by atoms with Gasteiger partial charge < -0.3 is 19.3 Å². The normalized spacial score (nSPS) is 10.3. The molecule has 1 N–H and O–H groups in total. The van der Waals surface area contributed by atoms with Crippen molar-refractivity contribution in [3.05, 3.63) is 29.6 Å². The minimum atomic E-state index is -1.14. The van der Waals surface area contributed by atoms with E-state index < -0.39 is 5.97 Å². The van der Waals surface area contributed by atoms with Crippen LogP contribution in [0.3, 0.4) is 0 Å². The van der Waals surface area contributed by atoms with E-state index in [-0.39, 0.29) is 17.1 Å². The van der Waals surface area contributed by atoms with Gasteiger partial charge in [-0.2, -0.15) is 0 Å². The van der Waals surface area contributed by atoms with Crippen LogP contribution < -0.4 is 14.2 Å². The summed E-state index contributed by atoms with van der Waals surface area (Å²) in [5.41, 5.74) is 1.39. The Morgan fingerprint density at radius 3 is 2.08 bits per heavy atom. The zero-order valence-electron chi connectivity index (χ0n) is 14.1. The molecule has 0 aliphatic carbocycles. The number of benzene rings is 1. The molecule has 0 radical (unpaired) electrons. The third kappa shape index (κ3) is 3.24. The number of hydrogen-bond acceptors (Lipinski definition) is 6. The maximum atomic E-state index is 11.6. The Kier molecular flexibility index (Phi) is 5.57. The molecule has 0 amide bonds. The Morgan fingerprint density at radius 2 is 1.62 bits per heavy atom. The van der Waals surface area contributed by atoms with Crippen LogP contribution >= 0.6 is 0 Å². The zero-order chi connectivity index (χ0) is 17.7. The Bertz CT molecular complexity index is 729. The number of aryl methyl sites for hydroxylation is 1. The second-order valence-electron chi connectivity index (χ2n) is 5.04. The van der Waals surface area contributed by atoms with Crippen molar-refractivity contribution in [3.63, 3.8) is 0 Å². The molecule has 2 rings (SSSR count). The average molecular weight is 332 g/mol. The summed E-state index contributed by atoms with van der Waals surface area (Å²) in [5, 5.41) is 9.45. The van der Waals surface area contributed by atoms with E-state index in [1.807, 2.05) is 0 Å². The first kappa shape index (κ1) is 17.5. The number of aromatic carboxylic acids is 1. The fourth-order valence-electron chi connectivity index (χ4n) is 2.45. The monoisotopic (exact) mass is 332 g/mol. The Balaban J connectivity index is 2.67. The van der Waals surface area contributed by atoms with Gasteiger partial charge >= 0.3 is 5.97 Å². The Hall–Kier alpha value is -2.83. The maximum Gasteiger partial charge on any atom is 0.339 e. The van der Waals surface area contributed by atoms with Crippen molar-refractivity contribution in [3.8, 4) is 28.6 Å². The standard InChI is InChI=1S/C17H20N2O5/c1-5-6-10-8-18-16(19-9-10)11-7-12(17(20)21)14(23-3)15(24-4)13(11)22-2/h7-9H,5-6H2,1-4H3,(H,20,21). The van der Waals surface area contributed by atoms with E-state index in [1.54, 1.807) is 12.4 Å². The fourth-order valence-corrected chi connectivity index (χ4v) is 2.45. The first-order valence-corrected chi connectivity index (χ1v) is 7.44. The lowest BCUT2D eigenvalue weighted by Crippen LogP contribution is -2.06. The van der Waals surface area contributed by atoms with E-state index >= 15 is 0 Å². The lowest BCUT2D eigenvalue weighted by Gasteiger charge is -2.17. The minimum absolute atomic E-state index is 0.0496. The van der Waals surface area contributed by atoms with Crippen molar-refractivity contribution in [1.29, 1.82) is 0 Å². The van der Waals surface area contributed by atoms with Gasteiger partial charge in [-0.15, -0.1) is 0 Å². The molecule has 0 aliphatic heterocycles. The molecule has 0 unspecified atom stereocenters. The number of methoxy groups -OCH3 is 3.